The molecule has 1 aromatic heterocycles. The predicted octanol–water partition coefficient (Wildman–Crippen LogP) is 3.61. The third-order valence-corrected chi connectivity index (χ3v) is 5.35. The van der Waals surface area contributed by atoms with Crippen LogP contribution < -0.4 is 5.32 Å². The van der Waals surface area contributed by atoms with Crippen molar-refractivity contribution in [2.75, 3.05) is 6.54 Å². The van der Waals surface area contributed by atoms with E-state index in [-0.39, 0.29) is 17.7 Å². The summed E-state index contributed by atoms with van der Waals surface area (Å²) in [5.41, 5.74) is 0. The maximum atomic E-state index is 13.0. The van der Waals surface area contributed by atoms with Crippen LogP contribution in [-0.2, 0) is 16.1 Å². The van der Waals surface area contributed by atoms with Crippen LogP contribution >= 0.6 is 22.9 Å². The summed E-state index contributed by atoms with van der Waals surface area (Å²) < 4.78 is 0.709. The molecule has 23 heavy (non-hydrogen) atoms. The number of halogens is 1. The van der Waals surface area contributed by atoms with Gasteiger partial charge in [0, 0.05) is 18.3 Å². The van der Waals surface area contributed by atoms with Crippen molar-refractivity contribution in [2.24, 2.45) is 5.92 Å². The number of amides is 2. The van der Waals surface area contributed by atoms with Crippen LogP contribution in [0.5, 0.6) is 0 Å². The van der Waals surface area contributed by atoms with Crippen molar-refractivity contribution >= 4 is 34.8 Å². The molecule has 0 aliphatic heterocycles. The molecule has 0 radical (unpaired) electrons. The Kier molecular flexibility index (Phi) is 6.66. The van der Waals surface area contributed by atoms with Crippen LogP contribution in [0.2, 0.25) is 4.34 Å². The van der Waals surface area contributed by atoms with Gasteiger partial charge in [0.25, 0.3) is 0 Å². The molecule has 1 fully saturated rings. The van der Waals surface area contributed by atoms with E-state index >= 15 is 0 Å². The summed E-state index contributed by atoms with van der Waals surface area (Å²) in [5, 5.41) is 2.86. The van der Waals surface area contributed by atoms with Gasteiger partial charge in [0.15, 0.2) is 0 Å². The standard InChI is InChI=1S/C17H23ClN2O2S/c1-3-10-20(11-14-8-9-15(18)23-14)17(22)16(19-12(2)21)13-6-4-5-7-13/h3,8-9,13,16H,1,4-7,10-11H2,2H3,(H,19,21). The van der Waals surface area contributed by atoms with Gasteiger partial charge in [-0.15, -0.1) is 17.9 Å². The van der Waals surface area contributed by atoms with Gasteiger partial charge in [-0.1, -0.05) is 30.5 Å². The average Bonchev–Trinajstić information content (AvgIpc) is 3.15. The van der Waals surface area contributed by atoms with Gasteiger partial charge in [-0.2, -0.15) is 0 Å². The highest BCUT2D eigenvalue weighted by Crippen LogP contribution is 2.29. The Morgan fingerprint density at radius 2 is 2.17 bits per heavy atom. The van der Waals surface area contributed by atoms with Crippen molar-refractivity contribution in [3.63, 3.8) is 0 Å². The van der Waals surface area contributed by atoms with Crippen LogP contribution in [0.1, 0.15) is 37.5 Å². The molecular weight excluding hydrogens is 332 g/mol. The van der Waals surface area contributed by atoms with E-state index in [1.54, 1.807) is 11.0 Å². The lowest BCUT2D eigenvalue weighted by atomic mass is 9.96. The molecule has 1 unspecified atom stereocenters. The third-order valence-electron chi connectivity index (χ3n) is 4.13. The lowest BCUT2D eigenvalue weighted by molar-refractivity contribution is -0.137. The van der Waals surface area contributed by atoms with Gasteiger partial charge < -0.3 is 10.2 Å². The Morgan fingerprint density at radius 3 is 2.70 bits per heavy atom. The lowest BCUT2D eigenvalue weighted by Gasteiger charge is -2.30. The average molecular weight is 355 g/mol. The summed E-state index contributed by atoms with van der Waals surface area (Å²) in [6.07, 6.45) is 5.94. The second-order valence-electron chi connectivity index (χ2n) is 5.94. The normalized spacial score (nSPS) is 16.1. The fourth-order valence-corrected chi connectivity index (χ4v) is 4.20. The summed E-state index contributed by atoms with van der Waals surface area (Å²) >= 11 is 7.44. The zero-order valence-electron chi connectivity index (χ0n) is 13.4. The Hall–Kier alpha value is -1.33. The zero-order valence-corrected chi connectivity index (χ0v) is 15.0. The molecule has 0 saturated heterocycles. The molecule has 126 valence electrons. The van der Waals surface area contributed by atoms with Gasteiger partial charge >= 0.3 is 0 Å². The number of thiophene rings is 1. The smallest absolute Gasteiger partial charge is 0.246 e. The number of carbonyl (C=O) groups is 2. The minimum Gasteiger partial charge on any atom is -0.344 e. The van der Waals surface area contributed by atoms with E-state index in [4.69, 9.17) is 11.6 Å². The first-order chi connectivity index (χ1) is 11.0. The van der Waals surface area contributed by atoms with Crippen LogP contribution in [0.3, 0.4) is 0 Å². The van der Waals surface area contributed by atoms with E-state index in [1.165, 1.54) is 18.3 Å². The molecular formula is C17H23ClN2O2S. The largest absolute Gasteiger partial charge is 0.344 e. The van der Waals surface area contributed by atoms with Crippen LogP contribution in [0.4, 0.5) is 0 Å². The van der Waals surface area contributed by atoms with Gasteiger partial charge in [0.2, 0.25) is 11.8 Å². The van der Waals surface area contributed by atoms with Crippen LogP contribution in [0.25, 0.3) is 0 Å². The van der Waals surface area contributed by atoms with Crippen molar-refractivity contribution in [3.8, 4) is 0 Å². The number of carbonyl (C=O) groups excluding carboxylic acids is 2. The van der Waals surface area contributed by atoms with Gasteiger partial charge in [-0.25, -0.2) is 0 Å². The van der Waals surface area contributed by atoms with Gasteiger partial charge in [0.1, 0.15) is 6.04 Å². The van der Waals surface area contributed by atoms with Crippen molar-refractivity contribution in [3.05, 3.63) is 34.0 Å². The second kappa shape index (κ2) is 8.50. The number of nitrogens with one attached hydrogen (secondary N) is 1. The summed E-state index contributed by atoms with van der Waals surface area (Å²) in [5.74, 6) is 0.0372. The number of hydrogen-bond donors (Lipinski definition) is 1. The Balaban J connectivity index is 2.14. The monoisotopic (exact) mass is 354 g/mol. The molecule has 2 rings (SSSR count). The molecule has 1 atom stereocenters. The summed E-state index contributed by atoms with van der Waals surface area (Å²) in [4.78, 5) is 27.3. The molecule has 1 aliphatic carbocycles. The molecule has 6 heteroatoms. The topological polar surface area (TPSA) is 49.4 Å². The first kappa shape index (κ1) is 18.0. The van der Waals surface area contributed by atoms with E-state index in [2.05, 4.69) is 11.9 Å². The molecule has 1 saturated carbocycles. The SMILES string of the molecule is C=CCN(Cc1ccc(Cl)s1)C(=O)C(NC(C)=O)C1CCCC1. The van der Waals surface area contributed by atoms with Crippen LogP contribution in [0, 0.1) is 5.92 Å². The minimum atomic E-state index is -0.439. The summed E-state index contributed by atoms with van der Waals surface area (Å²) in [6, 6.07) is 3.32. The predicted molar refractivity (Wildman–Crippen MR) is 94.5 cm³/mol. The fraction of sp³-hybridized carbons (Fsp3) is 0.529. The highest BCUT2D eigenvalue weighted by atomic mass is 35.5. The first-order valence-corrected chi connectivity index (χ1v) is 9.11. The number of nitrogens with zero attached hydrogens (tertiary/aromatic N) is 1. The van der Waals surface area contributed by atoms with Crippen molar-refractivity contribution < 1.29 is 9.59 Å². The molecule has 0 aromatic carbocycles. The maximum absolute atomic E-state index is 13.0. The van der Waals surface area contributed by atoms with E-state index in [0.717, 1.165) is 30.6 Å². The molecule has 0 spiro atoms. The van der Waals surface area contributed by atoms with Crippen LogP contribution in [-0.4, -0.2) is 29.3 Å². The highest BCUT2D eigenvalue weighted by molar-refractivity contribution is 7.16. The van der Waals surface area contributed by atoms with E-state index < -0.39 is 6.04 Å². The van der Waals surface area contributed by atoms with E-state index in [1.807, 2.05) is 12.1 Å². The Morgan fingerprint density at radius 1 is 1.48 bits per heavy atom. The van der Waals surface area contributed by atoms with Crippen LogP contribution in [0.15, 0.2) is 24.8 Å². The molecule has 2 amide bonds. The van der Waals surface area contributed by atoms with Gasteiger partial charge in [-0.05, 0) is 30.9 Å². The van der Waals surface area contributed by atoms with Gasteiger partial charge in [0.05, 0.1) is 10.9 Å². The Bertz CT molecular complexity index is 567. The van der Waals surface area contributed by atoms with Crippen molar-refractivity contribution in [1.29, 1.82) is 0 Å². The number of hydrogen-bond acceptors (Lipinski definition) is 3. The number of rotatable bonds is 7. The highest BCUT2D eigenvalue weighted by Gasteiger charge is 2.33. The quantitative estimate of drug-likeness (QED) is 0.760. The second-order valence-corrected chi connectivity index (χ2v) is 7.74. The third kappa shape index (κ3) is 5.08. The molecule has 0 bridgehead atoms. The fourth-order valence-electron chi connectivity index (χ4n) is 3.10. The van der Waals surface area contributed by atoms with E-state index in [0.29, 0.717) is 17.4 Å². The lowest BCUT2D eigenvalue weighted by Crippen LogP contribution is -2.51. The van der Waals surface area contributed by atoms with Crippen molar-refractivity contribution in [2.45, 2.75) is 45.2 Å². The minimum absolute atomic E-state index is 0.0310. The molecule has 1 aliphatic rings. The van der Waals surface area contributed by atoms with Gasteiger partial charge in [-0.3, -0.25) is 9.59 Å². The molecule has 1 aromatic rings. The van der Waals surface area contributed by atoms with Crippen molar-refractivity contribution in [1.82, 2.24) is 10.2 Å². The molecule has 4 nitrogen and oxygen atoms in total. The first-order valence-electron chi connectivity index (χ1n) is 7.92. The summed E-state index contributed by atoms with van der Waals surface area (Å²) in [6.45, 7) is 6.15. The van der Waals surface area contributed by atoms with E-state index in [9.17, 15) is 9.59 Å². The summed E-state index contributed by atoms with van der Waals surface area (Å²) in [7, 11) is 0. The maximum Gasteiger partial charge on any atom is 0.246 e. The zero-order chi connectivity index (χ0) is 16.8. The molecule has 1 heterocycles. The Labute approximate surface area is 146 Å². The molecule has 1 N–H and O–H groups in total.